The van der Waals surface area contributed by atoms with E-state index in [1.807, 2.05) is 36.6 Å². The number of alkyl halides is 1. The molecule has 0 N–H and O–H groups in total. The highest BCUT2D eigenvalue weighted by Gasteiger charge is 2.18. The first-order valence-corrected chi connectivity index (χ1v) is 8.64. The van der Waals surface area contributed by atoms with Crippen molar-refractivity contribution >= 4 is 43.6 Å². The average Bonchev–Trinajstić information content (AvgIpc) is 2.46. The van der Waals surface area contributed by atoms with Crippen LogP contribution < -0.4 is 0 Å². The molecule has 96 valence electrons. The van der Waals surface area contributed by atoms with E-state index in [9.17, 15) is 5.26 Å². The Balaban J connectivity index is 2.83. The minimum atomic E-state index is 0.582. The van der Waals surface area contributed by atoms with Gasteiger partial charge in [0.1, 0.15) is 15.7 Å². The minimum absolute atomic E-state index is 0.582. The maximum absolute atomic E-state index is 9.40. The van der Waals surface area contributed by atoms with E-state index in [2.05, 4.69) is 42.9 Å². The second-order valence-electron chi connectivity index (χ2n) is 3.75. The molecule has 2 rings (SSSR count). The standard InChI is InChI=1S/C14H10Br2N2S/c1-19-14-10(7-15)12(9-5-3-2-4-6-9)11(8-17)13(16)18-14/h2-6H,7H2,1H3. The van der Waals surface area contributed by atoms with Crippen LogP contribution in [0.5, 0.6) is 0 Å². The molecule has 0 amide bonds. The zero-order valence-electron chi connectivity index (χ0n) is 10.2. The van der Waals surface area contributed by atoms with E-state index in [-0.39, 0.29) is 0 Å². The molecule has 1 aromatic heterocycles. The normalized spacial score (nSPS) is 10.2. The fourth-order valence-corrected chi connectivity index (χ4v) is 3.81. The number of aromatic nitrogens is 1. The quantitative estimate of drug-likeness (QED) is 0.415. The highest BCUT2D eigenvalue weighted by molar-refractivity contribution is 9.10. The van der Waals surface area contributed by atoms with Gasteiger partial charge in [-0.1, -0.05) is 46.3 Å². The van der Waals surface area contributed by atoms with Gasteiger partial charge in [-0.3, -0.25) is 0 Å². The summed E-state index contributed by atoms with van der Waals surface area (Å²) in [6.07, 6.45) is 1.99. The van der Waals surface area contributed by atoms with Crippen molar-refractivity contribution in [1.82, 2.24) is 4.98 Å². The third kappa shape index (κ3) is 2.86. The number of nitriles is 1. The average molecular weight is 398 g/mol. The van der Waals surface area contributed by atoms with Crippen molar-refractivity contribution in [2.75, 3.05) is 6.26 Å². The third-order valence-corrected chi connectivity index (χ3v) is 4.58. The van der Waals surface area contributed by atoms with Gasteiger partial charge in [0, 0.05) is 16.5 Å². The molecule has 0 aliphatic carbocycles. The smallest absolute Gasteiger partial charge is 0.125 e. The van der Waals surface area contributed by atoms with Crippen molar-refractivity contribution in [1.29, 1.82) is 5.26 Å². The lowest BCUT2D eigenvalue weighted by molar-refractivity contribution is 1.04. The second-order valence-corrected chi connectivity index (χ2v) is 5.86. The molecular weight excluding hydrogens is 388 g/mol. The maximum atomic E-state index is 9.40. The Morgan fingerprint density at radius 2 is 2.00 bits per heavy atom. The fraction of sp³-hybridized carbons (Fsp3) is 0.143. The zero-order chi connectivity index (χ0) is 13.8. The summed E-state index contributed by atoms with van der Waals surface area (Å²) in [6, 6.07) is 12.2. The monoisotopic (exact) mass is 396 g/mol. The van der Waals surface area contributed by atoms with Gasteiger partial charge in [-0.2, -0.15) is 5.26 Å². The number of thioether (sulfide) groups is 1. The highest BCUT2D eigenvalue weighted by Crippen LogP contribution is 2.37. The zero-order valence-corrected chi connectivity index (χ0v) is 14.1. The van der Waals surface area contributed by atoms with Crippen molar-refractivity contribution in [3.05, 3.63) is 46.1 Å². The van der Waals surface area contributed by atoms with Gasteiger partial charge in [-0.25, -0.2) is 4.98 Å². The van der Waals surface area contributed by atoms with Gasteiger partial charge in [-0.05, 0) is 27.7 Å². The number of hydrogen-bond donors (Lipinski definition) is 0. The number of rotatable bonds is 3. The van der Waals surface area contributed by atoms with E-state index in [0.29, 0.717) is 15.5 Å². The SMILES string of the molecule is CSc1nc(Br)c(C#N)c(-c2ccccc2)c1CBr. The Hall–Kier alpha value is -0.830. The first kappa shape index (κ1) is 14.6. The van der Waals surface area contributed by atoms with Crippen LogP contribution in [0.4, 0.5) is 0 Å². The summed E-state index contributed by atoms with van der Waals surface area (Å²) < 4.78 is 0.600. The molecule has 0 unspecified atom stereocenters. The van der Waals surface area contributed by atoms with Crippen LogP contribution >= 0.6 is 43.6 Å². The van der Waals surface area contributed by atoms with Gasteiger partial charge < -0.3 is 0 Å². The lowest BCUT2D eigenvalue weighted by Gasteiger charge is -2.14. The molecule has 2 nitrogen and oxygen atoms in total. The first-order chi connectivity index (χ1) is 9.22. The molecule has 1 aromatic carbocycles. The Kier molecular flexibility index (Phi) is 5.03. The van der Waals surface area contributed by atoms with Gasteiger partial charge in [-0.15, -0.1) is 11.8 Å². The lowest BCUT2D eigenvalue weighted by Crippen LogP contribution is -1.99. The third-order valence-electron chi connectivity index (χ3n) is 2.72. The van der Waals surface area contributed by atoms with Crippen molar-refractivity contribution in [2.45, 2.75) is 10.4 Å². The number of halogens is 2. The number of hydrogen-bond acceptors (Lipinski definition) is 3. The van der Waals surface area contributed by atoms with Gasteiger partial charge in [0.05, 0.1) is 5.56 Å². The summed E-state index contributed by atoms with van der Waals surface area (Å²) in [7, 11) is 0. The summed E-state index contributed by atoms with van der Waals surface area (Å²) >= 11 is 8.49. The van der Waals surface area contributed by atoms with E-state index >= 15 is 0 Å². The minimum Gasteiger partial charge on any atom is -0.233 e. The predicted octanol–water partition coefficient (Wildman–Crippen LogP) is 5.00. The lowest BCUT2D eigenvalue weighted by atomic mass is 9.98. The van der Waals surface area contributed by atoms with Gasteiger partial charge >= 0.3 is 0 Å². The molecule has 0 saturated heterocycles. The summed E-state index contributed by atoms with van der Waals surface area (Å²) in [6.45, 7) is 0. The molecule has 5 heteroatoms. The topological polar surface area (TPSA) is 36.7 Å². The van der Waals surface area contributed by atoms with E-state index in [4.69, 9.17) is 0 Å². The van der Waals surface area contributed by atoms with Crippen LogP contribution in [0, 0.1) is 11.3 Å². The first-order valence-electron chi connectivity index (χ1n) is 5.50. The molecule has 0 aliphatic heterocycles. The van der Waals surface area contributed by atoms with Crippen LogP contribution in [0.1, 0.15) is 11.1 Å². The highest BCUT2D eigenvalue weighted by atomic mass is 79.9. The van der Waals surface area contributed by atoms with E-state index < -0.39 is 0 Å². The van der Waals surface area contributed by atoms with Crippen molar-refractivity contribution in [2.24, 2.45) is 0 Å². The van der Waals surface area contributed by atoms with Crippen LogP contribution in [0.2, 0.25) is 0 Å². The molecule has 0 bridgehead atoms. The predicted molar refractivity (Wildman–Crippen MR) is 86.5 cm³/mol. The van der Waals surface area contributed by atoms with Crippen molar-refractivity contribution in [3.63, 3.8) is 0 Å². The number of benzene rings is 1. The van der Waals surface area contributed by atoms with Crippen LogP contribution in [0.25, 0.3) is 11.1 Å². The largest absolute Gasteiger partial charge is 0.233 e. The van der Waals surface area contributed by atoms with Crippen LogP contribution in [0.15, 0.2) is 40.0 Å². The number of pyridine rings is 1. The van der Waals surface area contributed by atoms with E-state index in [1.165, 1.54) is 0 Å². The summed E-state index contributed by atoms with van der Waals surface area (Å²) in [4.78, 5) is 4.45. The molecule has 1 heterocycles. The van der Waals surface area contributed by atoms with Crippen LogP contribution in [-0.4, -0.2) is 11.2 Å². The van der Waals surface area contributed by atoms with Crippen LogP contribution in [-0.2, 0) is 5.33 Å². The van der Waals surface area contributed by atoms with Gasteiger partial charge in [0.15, 0.2) is 0 Å². The van der Waals surface area contributed by atoms with Gasteiger partial charge in [0.25, 0.3) is 0 Å². The molecule has 0 fully saturated rings. The molecule has 0 atom stereocenters. The maximum Gasteiger partial charge on any atom is 0.125 e. The second kappa shape index (κ2) is 6.56. The van der Waals surface area contributed by atoms with Crippen molar-refractivity contribution < 1.29 is 0 Å². The van der Waals surface area contributed by atoms with E-state index in [1.54, 1.807) is 11.8 Å². The molecular formula is C14H10Br2N2S. The van der Waals surface area contributed by atoms with Gasteiger partial charge in [0.2, 0.25) is 0 Å². The molecule has 0 radical (unpaired) electrons. The Morgan fingerprint density at radius 3 is 2.53 bits per heavy atom. The summed E-state index contributed by atoms with van der Waals surface area (Å²) in [5, 5.41) is 11.0. The number of nitrogens with zero attached hydrogens (tertiary/aromatic N) is 2. The van der Waals surface area contributed by atoms with E-state index in [0.717, 1.165) is 21.7 Å². The summed E-state index contributed by atoms with van der Waals surface area (Å²) in [5.74, 6) is 0. The van der Waals surface area contributed by atoms with Crippen LogP contribution in [0.3, 0.4) is 0 Å². The Bertz CT molecular complexity index is 636. The molecule has 0 spiro atoms. The molecule has 0 aliphatic rings. The molecule has 19 heavy (non-hydrogen) atoms. The molecule has 2 aromatic rings. The Labute approximate surface area is 133 Å². The fourth-order valence-electron chi connectivity index (χ4n) is 1.89. The summed E-state index contributed by atoms with van der Waals surface area (Å²) in [5.41, 5.74) is 3.62. The molecule has 0 saturated carbocycles. The van der Waals surface area contributed by atoms with Crippen molar-refractivity contribution in [3.8, 4) is 17.2 Å². The Morgan fingerprint density at radius 1 is 1.32 bits per heavy atom.